The number of carbonyl (C=O) groups excluding carboxylic acids is 1. The summed E-state index contributed by atoms with van der Waals surface area (Å²) in [6.07, 6.45) is 5.53. The van der Waals surface area contributed by atoms with Crippen molar-refractivity contribution in [2.75, 3.05) is 6.61 Å². The van der Waals surface area contributed by atoms with E-state index in [1.807, 2.05) is 66.7 Å². The van der Waals surface area contributed by atoms with E-state index in [9.17, 15) is 4.79 Å². The van der Waals surface area contributed by atoms with Gasteiger partial charge >= 0.3 is 0 Å². The molecule has 0 saturated carbocycles. The second-order valence-electron chi connectivity index (χ2n) is 4.93. The fraction of sp³-hybridized carbons (Fsp3) is 0.211. The first-order valence-corrected chi connectivity index (χ1v) is 7.17. The van der Waals surface area contributed by atoms with Crippen molar-refractivity contribution in [3.8, 4) is 0 Å². The van der Waals surface area contributed by atoms with Crippen molar-refractivity contribution in [3.63, 3.8) is 0 Å². The maximum absolute atomic E-state index is 10.8. The lowest BCUT2D eigenvalue weighted by atomic mass is 10.1. The predicted octanol–water partition coefficient (Wildman–Crippen LogP) is 4.12. The highest BCUT2D eigenvalue weighted by atomic mass is 16.5. The van der Waals surface area contributed by atoms with Crippen LogP contribution in [0.25, 0.3) is 6.08 Å². The number of aldehydes is 1. The first kappa shape index (κ1) is 15.2. The number of benzene rings is 2. The van der Waals surface area contributed by atoms with Crippen molar-refractivity contribution in [3.05, 3.63) is 77.9 Å². The largest absolute Gasteiger partial charge is 0.376 e. The van der Waals surface area contributed by atoms with Crippen LogP contribution < -0.4 is 0 Å². The van der Waals surface area contributed by atoms with Gasteiger partial charge in [-0.1, -0.05) is 72.8 Å². The third-order valence-corrected chi connectivity index (χ3v) is 3.20. The van der Waals surface area contributed by atoms with Crippen LogP contribution in [0.5, 0.6) is 0 Å². The van der Waals surface area contributed by atoms with E-state index in [0.717, 1.165) is 17.4 Å². The molecular weight excluding hydrogens is 260 g/mol. The van der Waals surface area contributed by atoms with Gasteiger partial charge in [0.05, 0.1) is 13.2 Å². The van der Waals surface area contributed by atoms with Crippen LogP contribution in [0.1, 0.15) is 17.5 Å². The van der Waals surface area contributed by atoms with Gasteiger partial charge in [0.15, 0.2) is 0 Å². The fourth-order valence-electron chi connectivity index (χ4n) is 2.04. The van der Waals surface area contributed by atoms with Gasteiger partial charge in [-0.05, 0) is 11.1 Å². The number of hydrogen-bond acceptors (Lipinski definition) is 2. The molecule has 0 N–H and O–H groups in total. The molecule has 2 aromatic carbocycles. The van der Waals surface area contributed by atoms with E-state index in [4.69, 9.17) is 4.74 Å². The zero-order valence-electron chi connectivity index (χ0n) is 12.0. The van der Waals surface area contributed by atoms with Crippen LogP contribution in [0, 0.1) is 5.92 Å². The molecule has 0 amide bonds. The minimum Gasteiger partial charge on any atom is -0.376 e. The van der Waals surface area contributed by atoms with E-state index in [1.54, 1.807) is 0 Å². The Kier molecular flexibility index (Phi) is 6.43. The average Bonchev–Trinajstić information content (AvgIpc) is 2.54. The van der Waals surface area contributed by atoms with E-state index in [0.29, 0.717) is 19.6 Å². The molecule has 0 unspecified atom stereocenters. The molecule has 0 saturated heterocycles. The Labute approximate surface area is 126 Å². The molecule has 0 radical (unpaired) electrons. The van der Waals surface area contributed by atoms with E-state index >= 15 is 0 Å². The highest BCUT2D eigenvalue weighted by molar-refractivity contribution is 5.53. The minimum absolute atomic E-state index is 0.117. The lowest BCUT2D eigenvalue weighted by Crippen LogP contribution is -2.08. The molecular formula is C19H20O2. The number of ether oxygens (including phenoxy) is 1. The van der Waals surface area contributed by atoms with Gasteiger partial charge in [-0.15, -0.1) is 0 Å². The number of carbonyl (C=O) groups is 1. The van der Waals surface area contributed by atoms with Crippen molar-refractivity contribution in [1.82, 2.24) is 0 Å². The van der Waals surface area contributed by atoms with Crippen LogP contribution in [0.3, 0.4) is 0 Å². The van der Waals surface area contributed by atoms with Gasteiger partial charge in [-0.2, -0.15) is 0 Å². The lowest BCUT2D eigenvalue weighted by molar-refractivity contribution is -0.108. The molecule has 2 heteroatoms. The van der Waals surface area contributed by atoms with E-state index in [1.165, 1.54) is 0 Å². The maximum atomic E-state index is 10.8. The van der Waals surface area contributed by atoms with Crippen LogP contribution in [0.15, 0.2) is 66.7 Å². The van der Waals surface area contributed by atoms with Crippen molar-refractivity contribution < 1.29 is 9.53 Å². The topological polar surface area (TPSA) is 26.3 Å². The van der Waals surface area contributed by atoms with E-state index in [-0.39, 0.29) is 5.92 Å². The van der Waals surface area contributed by atoms with Crippen LogP contribution in [0.4, 0.5) is 0 Å². The normalized spacial score (nSPS) is 12.4. The summed E-state index contributed by atoms with van der Waals surface area (Å²) in [6, 6.07) is 20.1. The van der Waals surface area contributed by atoms with Gasteiger partial charge in [0.2, 0.25) is 0 Å². The Hall–Kier alpha value is -2.19. The number of hydrogen-bond donors (Lipinski definition) is 0. The van der Waals surface area contributed by atoms with Crippen LogP contribution in [-0.2, 0) is 16.1 Å². The second-order valence-corrected chi connectivity index (χ2v) is 4.93. The van der Waals surface area contributed by atoms with Gasteiger partial charge in [-0.3, -0.25) is 0 Å². The highest BCUT2D eigenvalue weighted by Crippen LogP contribution is 2.10. The summed E-state index contributed by atoms with van der Waals surface area (Å²) >= 11 is 0. The second kappa shape index (κ2) is 8.88. The zero-order valence-corrected chi connectivity index (χ0v) is 12.0. The van der Waals surface area contributed by atoms with Gasteiger partial charge in [0, 0.05) is 12.3 Å². The van der Waals surface area contributed by atoms with Gasteiger partial charge in [-0.25, -0.2) is 0 Å². The molecule has 21 heavy (non-hydrogen) atoms. The molecule has 1 atom stereocenters. The standard InChI is InChI=1S/C19H20O2/c20-14-13-19(12-11-17-7-3-1-4-8-17)16-21-15-18-9-5-2-6-10-18/h1-12,14,19H,13,15-16H2/b12-11+/t19-/m0/s1. The molecule has 2 rings (SSSR count). The maximum Gasteiger partial charge on any atom is 0.120 e. The van der Waals surface area contributed by atoms with Gasteiger partial charge in [0.1, 0.15) is 6.29 Å². The molecule has 0 bridgehead atoms. The fourth-order valence-corrected chi connectivity index (χ4v) is 2.04. The summed E-state index contributed by atoms with van der Waals surface area (Å²) < 4.78 is 5.71. The Morgan fingerprint density at radius 3 is 2.29 bits per heavy atom. The Bertz CT molecular complexity index is 546. The molecule has 0 aromatic heterocycles. The first-order chi connectivity index (χ1) is 10.4. The van der Waals surface area contributed by atoms with Crippen molar-refractivity contribution in [1.29, 1.82) is 0 Å². The Balaban J connectivity index is 1.84. The molecule has 108 valence electrons. The smallest absolute Gasteiger partial charge is 0.120 e. The summed E-state index contributed by atoms with van der Waals surface area (Å²) in [7, 11) is 0. The molecule has 2 aromatic rings. The SMILES string of the molecule is O=CC[C@H](/C=C/c1ccccc1)COCc1ccccc1. The lowest BCUT2D eigenvalue weighted by Gasteiger charge is -2.10. The Morgan fingerprint density at radius 1 is 0.952 bits per heavy atom. The van der Waals surface area contributed by atoms with Crippen LogP contribution in [-0.4, -0.2) is 12.9 Å². The zero-order chi connectivity index (χ0) is 14.8. The molecule has 0 aliphatic heterocycles. The number of rotatable bonds is 8. The predicted molar refractivity (Wildman–Crippen MR) is 85.7 cm³/mol. The minimum atomic E-state index is 0.117. The molecule has 0 heterocycles. The third kappa shape index (κ3) is 5.76. The van der Waals surface area contributed by atoms with Crippen LogP contribution in [0.2, 0.25) is 0 Å². The molecule has 0 aliphatic rings. The van der Waals surface area contributed by atoms with E-state index in [2.05, 4.69) is 6.08 Å². The summed E-state index contributed by atoms with van der Waals surface area (Å²) in [5.74, 6) is 0.117. The molecule has 0 fully saturated rings. The summed E-state index contributed by atoms with van der Waals surface area (Å²) in [5.41, 5.74) is 2.28. The third-order valence-electron chi connectivity index (χ3n) is 3.20. The average molecular weight is 280 g/mol. The van der Waals surface area contributed by atoms with Crippen molar-refractivity contribution >= 4 is 12.4 Å². The summed E-state index contributed by atoms with van der Waals surface area (Å²) in [5, 5.41) is 0. The molecule has 2 nitrogen and oxygen atoms in total. The Morgan fingerprint density at radius 2 is 1.62 bits per heavy atom. The monoisotopic (exact) mass is 280 g/mol. The summed E-state index contributed by atoms with van der Waals surface area (Å²) in [4.78, 5) is 10.8. The van der Waals surface area contributed by atoms with E-state index < -0.39 is 0 Å². The molecule has 0 spiro atoms. The van der Waals surface area contributed by atoms with Gasteiger partial charge < -0.3 is 9.53 Å². The van der Waals surface area contributed by atoms with Crippen LogP contribution >= 0.6 is 0 Å². The summed E-state index contributed by atoms with van der Waals surface area (Å²) in [6.45, 7) is 1.13. The first-order valence-electron chi connectivity index (χ1n) is 7.17. The van der Waals surface area contributed by atoms with Gasteiger partial charge in [0.25, 0.3) is 0 Å². The highest BCUT2D eigenvalue weighted by Gasteiger charge is 2.04. The quantitative estimate of drug-likeness (QED) is 0.680. The van der Waals surface area contributed by atoms with Crippen molar-refractivity contribution in [2.24, 2.45) is 5.92 Å². The molecule has 0 aliphatic carbocycles. The van der Waals surface area contributed by atoms with Crippen molar-refractivity contribution in [2.45, 2.75) is 13.0 Å².